The summed E-state index contributed by atoms with van der Waals surface area (Å²) >= 11 is 0. The normalized spacial score (nSPS) is 13.7. The number of carbonyl (C=O) groups is 1. The van der Waals surface area contributed by atoms with Crippen LogP contribution in [0, 0.1) is 0 Å². The van der Waals surface area contributed by atoms with Gasteiger partial charge >= 0.3 is 5.69 Å². The lowest BCUT2D eigenvalue weighted by molar-refractivity contribution is 0.0713. The molecule has 0 bridgehead atoms. The molecule has 1 aliphatic rings. The number of fused-ring (bicyclic) bond motifs is 2. The Morgan fingerprint density at radius 3 is 2.50 bits per heavy atom. The van der Waals surface area contributed by atoms with Crippen molar-refractivity contribution in [1.82, 2.24) is 39.6 Å². The third-order valence-corrected chi connectivity index (χ3v) is 9.38. The van der Waals surface area contributed by atoms with Gasteiger partial charge in [0.1, 0.15) is 18.0 Å². The van der Waals surface area contributed by atoms with E-state index in [0.717, 1.165) is 39.0 Å². The lowest BCUT2D eigenvalue weighted by atomic mass is 9.93. The van der Waals surface area contributed by atoms with Crippen LogP contribution in [0.1, 0.15) is 40.6 Å². The number of likely N-dealkylation sites (tertiary alicyclic amines) is 1. The van der Waals surface area contributed by atoms with Crippen LogP contribution < -0.4 is 16.0 Å². The predicted molar refractivity (Wildman–Crippen MR) is 186 cm³/mol. The SMILES string of the molecule is COc1ccc(-c2cn(Cc3cc(C4CCN(C(=O)c5cc(-c6ccccc6)nc6c5c(=O)[nH]c(=O)n6C)CC4)no3)nn2)c2ccccc12. The average molecular weight is 669 g/mol. The second kappa shape index (κ2) is 12.6. The number of benzene rings is 3. The van der Waals surface area contributed by atoms with Crippen LogP contribution in [-0.2, 0) is 13.6 Å². The number of pyridine rings is 1. The largest absolute Gasteiger partial charge is 0.496 e. The molecule has 1 saturated heterocycles. The molecule has 0 spiro atoms. The second-order valence-corrected chi connectivity index (χ2v) is 12.4. The number of hydrogen-bond acceptors (Lipinski definition) is 9. The van der Waals surface area contributed by atoms with Crippen molar-refractivity contribution < 1.29 is 14.1 Å². The first kappa shape index (κ1) is 30.9. The number of hydrogen-bond donors (Lipinski definition) is 1. The first-order valence-corrected chi connectivity index (χ1v) is 16.3. The highest BCUT2D eigenvalue weighted by atomic mass is 16.5. The third-order valence-electron chi connectivity index (χ3n) is 9.38. The van der Waals surface area contributed by atoms with Crippen molar-refractivity contribution in [3.05, 3.63) is 123 Å². The Morgan fingerprint density at radius 1 is 0.960 bits per heavy atom. The summed E-state index contributed by atoms with van der Waals surface area (Å²) in [6.45, 7) is 1.28. The fourth-order valence-electron chi connectivity index (χ4n) is 6.74. The van der Waals surface area contributed by atoms with Gasteiger partial charge < -0.3 is 14.2 Å². The molecule has 3 aromatic carbocycles. The molecule has 0 unspecified atom stereocenters. The summed E-state index contributed by atoms with van der Waals surface area (Å²) in [5.41, 5.74) is 2.92. The van der Waals surface area contributed by atoms with E-state index in [1.807, 2.05) is 79.0 Å². The fourth-order valence-corrected chi connectivity index (χ4v) is 6.74. The Morgan fingerprint density at radius 2 is 1.72 bits per heavy atom. The van der Waals surface area contributed by atoms with Crippen molar-refractivity contribution in [2.75, 3.05) is 20.2 Å². The highest BCUT2D eigenvalue weighted by molar-refractivity contribution is 6.06. The van der Waals surface area contributed by atoms with E-state index in [1.54, 1.807) is 22.8 Å². The number of aromatic nitrogens is 7. The van der Waals surface area contributed by atoms with Crippen LogP contribution in [0.15, 0.2) is 99.2 Å². The highest BCUT2D eigenvalue weighted by Gasteiger charge is 2.29. The van der Waals surface area contributed by atoms with Crippen LogP contribution in [0.25, 0.3) is 44.3 Å². The van der Waals surface area contributed by atoms with Crippen molar-refractivity contribution in [1.29, 1.82) is 0 Å². The van der Waals surface area contributed by atoms with Crippen LogP contribution in [0.2, 0.25) is 0 Å². The van der Waals surface area contributed by atoms with Crippen molar-refractivity contribution in [2.24, 2.45) is 7.05 Å². The number of nitrogens with zero attached hydrogens (tertiary/aromatic N) is 7. The van der Waals surface area contributed by atoms with Gasteiger partial charge in [0.2, 0.25) is 0 Å². The average Bonchev–Trinajstić information content (AvgIpc) is 3.83. The standard InChI is InChI=1S/C37H32N8O5/c1-43-34-33(35(46)39-37(43)48)28(19-29(38-34)22-8-4-3-5-9-22)36(47)44-16-14-23(15-17-44)30-18-24(50-41-30)20-45-21-31(40-42-45)26-12-13-32(49-2)27-11-7-6-10-25(26)27/h3-13,18-19,21,23H,14-17,20H2,1-2H3,(H,39,46,48). The number of nitrogens with one attached hydrogen (secondary N) is 1. The van der Waals surface area contributed by atoms with E-state index >= 15 is 0 Å². The fraction of sp³-hybridized carbons (Fsp3) is 0.216. The van der Waals surface area contributed by atoms with E-state index in [2.05, 4.69) is 25.4 Å². The summed E-state index contributed by atoms with van der Waals surface area (Å²) in [6.07, 6.45) is 3.22. The molecule has 1 amide bonds. The summed E-state index contributed by atoms with van der Waals surface area (Å²) in [4.78, 5) is 48.1. The van der Waals surface area contributed by atoms with E-state index < -0.39 is 11.2 Å². The minimum Gasteiger partial charge on any atom is -0.496 e. The first-order valence-electron chi connectivity index (χ1n) is 16.3. The number of H-pyrrole nitrogens is 1. The maximum atomic E-state index is 14.0. The van der Waals surface area contributed by atoms with Crippen molar-refractivity contribution in [3.63, 3.8) is 0 Å². The Labute approximate surface area is 284 Å². The first-order chi connectivity index (χ1) is 24.4. The molecule has 5 heterocycles. The maximum absolute atomic E-state index is 14.0. The summed E-state index contributed by atoms with van der Waals surface area (Å²) in [5.74, 6) is 1.25. The number of aryl methyl sites for hydroxylation is 1. The van der Waals surface area contributed by atoms with Crippen molar-refractivity contribution >= 4 is 27.7 Å². The third kappa shape index (κ3) is 5.51. The van der Waals surface area contributed by atoms with E-state index in [4.69, 9.17) is 9.26 Å². The Hall–Kier alpha value is -6.37. The number of piperidine rings is 1. The lowest BCUT2D eigenvalue weighted by Gasteiger charge is -2.31. The van der Waals surface area contributed by atoms with Gasteiger partial charge in [0.05, 0.1) is 35.6 Å². The number of aromatic amines is 1. The van der Waals surface area contributed by atoms with E-state index in [9.17, 15) is 14.4 Å². The van der Waals surface area contributed by atoms with E-state index in [1.165, 1.54) is 11.6 Å². The molecule has 0 aliphatic carbocycles. The zero-order valence-corrected chi connectivity index (χ0v) is 27.4. The van der Waals surface area contributed by atoms with Crippen molar-refractivity contribution in [3.8, 4) is 28.3 Å². The van der Waals surface area contributed by atoms with Crippen LogP contribution in [0.3, 0.4) is 0 Å². The monoisotopic (exact) mass is 668 g/mol. The lowest BCUT2D eigenvalue weighted by Crippen LogP contribution is -2.39. The van der Waals surface area contributed by atoms with Gasteiger partial charge in [-0.3, -0.25) is 19.1 Å². The zero-order valence-electron chi connectivity index (χ0n) is 27.4. The van der Waals surface area contributed by atoms with Gasteiger partial charge in [-0.25, -0.2) is 14.5 Å². The van der Waals surface area contributed by atoms with E-state index in [-0.39, 0.29) is 28.4 Å². The topological polar surface area (TPSA) is 154 Å². The molecule has 0 radical (unpaired) electrons. The molecule has 4 aromatic heterocycles. The van der Waals surface area contributed by atoms with Gasteiger partial charge in [-0.05, 0) is 36.4 Å². The number of amides is 1. The Bertz CT molecular complexity index is 2510. The molecule has 0 saturated carbocycles. The molecule has 7 aromatic rings. The molecular formula is C37H32N8O5. The second-order valence-electron chi connectivity index (χ2n) is 12.4. The molecule has 0 atom stereocenters. The van der Waals surface area contributed by atoms with Gasteiger partial charge in [0.25, 0.3) is 11.5 Å². The smallest absolute Gasteiger partial charge is 0.329 e. The van der Waals surface area contributed by atoms with Gasteiger partial charge in [-0.15, -0.1) is 5.10 Å². The number of ether oxygens (including phenoxy) is 1. The molecule has 1 N–H and O–H groups in total. The molecule has 13 nitrogen and oxygen atoms in total. The van der Waals surface area contributed by atoms with E-state index in [0.29, 0.717) is 43.9 Å². The molecule has 13 heteroatoms. The van der Waals surface area contributed by atoms with Crippen LogP contribution in [0.4, 0.5) is 0 Å². The van der Waals surface area contributed by atoms with Gasteiger partial charge in [-0.1, -0.05) is 65.0 Å². The summed E-state index contributed by atoms with van der Waals surface area (Å²) < 4.78 is 14.2. The van der Waals surface area contributed by atoms with Crippen LogP contribution in [-0.4, -0.2) is 65.7 Å². The molecule has 1 aliphatic heterocycles. The van der Waals surface area contributed by atoms with Gasteiger partial charge in [0, 0.05) is 48.6 Å². The molecule has 50 heavy (non-hydrogen) atoms. The quantitative estimate of drug-likeness (QED) is 0.253. The molecular weight excluding hydrogens is 636 g/mol. The van der Waals surface area contributed by atoms with Crippen LogP contribution >= 0.6 is 0 Å². The minimum atomic E-state index is -0.638. The number of methoxy groups -OCH3 is 1. The summed E-state index contributed by atoms with van der Waals surface area (Å²) in [5, 5.41) is 15.2. The van der Waals surface area contributed by atoms with Crippen LogP contribution in [0.5, 0.6) is 5.75 Å². The minimum absolute atomic E-state index is 0.0896. The highest BCUT2D eigenvalue weighted by Crippen LogP contribution is 2.34. The number of rotatable bonds is 7. The Kier molecular flexibility index (Phi) is 7.78. The summed E-state index contributed by atoms with van der Waals surface area (Å²) in [7, 11) is 3.19. The van der Waals surface area contributed by atoms with Gasteiger partial charge in [0.15, 0.2) is 11.4 Å². The molecule has 8 rings (SSSR count). The zero-order chi connectivity index (χ0) is 34.4. The predicted octanol–water partition coefficient (Wildman–Crippen LogP) is 4.77. The molecule has 1 fully saturated rings. The van der Waals surface area contributed by atoms with Gasteiger partial charge in [-0.2, -0.15) is 0 Å². The molecule has 250 valence electrons. The maximum Gasteiger partial charge on any atom is 0.329 e. The summed E-state index contributed by atoms with van der Waals surface area (Å²) in [6, 6.07) is 24.9. The van der Waals surface area contributed by atoms with Crippen molar-refractivity contribution in [2.45, 2.75) is 25.3 Å². The number of carbonyl (C=O) groups excluding carboxylic acids is 1. The Balaban J connectivity index is 0.983.